The van der Waals surface area contributed by atoms with E-state index in [4.69, 9.17) is 0 Å². The van der Waals surface area contributed by atoms with Crippen molar-refractivity contribution in [2.75, 3.05) is 18.4 Å². The molecule has 1 atom stereocenters. The van der Waals surface area contributed by atoms with Crippen molar-refractivity contribution in [3.63, 3.8) is 0 Å². The number of nitro benzene ring substituents is 1. The van der Waals surface area contributed by atoms with Gasteiger partial charge < -0.3 is 10.2 Å². The minimum atomic E-state index is -0.414. The summed E-state index contributed by atoms with van der Waals surface area (Å²) in [6.45, 7) is 3.69. The van der Waals surface area contributed by atoms with E-state index in [0.717, 1.165) is 31.5 Å². The molecule has 0 bridgehead atoms. The molecule has 1 aromatic carbocycles. The average Bonchev–Trinajstić information content (AvgIpc) is 2.52. The van der Waals surface area contributed by atoms with Gasteiger partial charge in [-0.2, -0.15) is 0 Å². The van der Waals surface area contributed by atoms with Crippen molar-refractivity contribution in [1.82, 2.24) is 4.90 Å². The molecule has 1 heterocycles. The summed E-state index contributed by atoms with van der Waals surface area (Å²) in [6.07, 6.45) is 4.74. The fourth-order valence-electron chi connectivity index (χ4n) is 2.79. The standard InChI is InChI=1S/C16H23N3O3/c1-13-5-2-3-12-18(13)16(20)6-4-11-17-14-7-9-15(10-8-14)19(21)22/h7-10,13,17H,2-6,11-12H2,1H3. The van der Waals surface area contributed by atoms with Crippen molar-refractivity contribution in [3.05, 3.63) is 34.4 Å². The molecule has 1 aromatic rings. The van der Waals surface area contributed by atoms with Gasteiger partial charge in [-0.05, 0) is 44.7 Å². The van der Waals surface area contributed by atoms with Crippen LogP contribution in [0.4, 0.5) is 11.4 Å². The Kier molecular flexibility index (Phi) is 5.75. The van der Waals surface area contributed by atoms with Gasteiger partial charge in [0.2, 0.25) is 5.91 Å². The zero-order valence-corrected chi connectivity index (χ0v) is 13.0. The Morgan fingerprint density at radius 2 is 2.09 bits per heavy atom. The quantitative estimate of drug-likeness (QED) is 0.497. The second-order valence-electron chi connectivity index (χ2n) is 5.77. The Labute approximate surface area is 130 Å². The maximum Gasteiger partial charge on any atom is 0.269 e. The number of carbonyl (C=O) groups is 1. The molecule has 0 saturated carbocycles. The average molecular weight is 305 g/mol. The SMILES string of the molecule is CC1CCCCN1C(=O)CCCNc1ccc([N+](=O)[O-])cc1. The molecule has 6 heteroatoms. The minimum Gasteiger partial charge on any atom is -0.385 e. The lowest BCUT2D eigenvalue weighted by molar-refractivity contribution is -0.384. The number of hydrogen-bond acceptors (Lipinski definition) is 4. The van der Waals surface area contributed by atoms with Gasteiger partial charge in [0.15, 0.2) is 0 Å². The van der Waals surface area contributed by atoms with E-state index in [1.54, 1.807) is 12.1 Å². The largest absolute Gasteiger partial charge is 0.385 e. The topological polar surface area (TPSA) is 75.5 Å². The number of non-ortho nitro benzene ring substituents is 1. The van der Waals surface area contributed by atoms with Crippen molar-refractivity contribution >= 4 is 17.3 Å². The fraction of sp³-hybridized carbons (Fsp3) is 0.562. The van der Waals surface area contributed by atoms with Crippen LogP contribution in [0.5, 0.6) is 0 Å². The summed E-state index contributed by atoms with van der Waals surface area (Å²) >= 11 is 0. The molecule has 0 spiro atoms. The second-order valence-corrected chi connectivity index (χ2v) is 5.77. The van der Waals surface area contributed by atoms with Gasteiger partial charge >= 0.3 is 0 Å². The minimum absolute atomic E-state index is 0.0832. The van der Waals surface area contributed by atoms with Crippen molar-refractivity contribution in [2.45, 2.75) is 45.1 Å². The molecule has 1 N–H and O–H groups in total. The molecule has 0 aliphatic carbocycles. The summed E-state index contributed by atoms with van der Waals surface area (Å²) in [5.74, 6) is 0.234. The van der Waals surface area contributed by atoms with Crippen LogP contribution in [0.3, 0.4) is 0 Å². The summed E-state index contributed by atoms with van der Waals surface area (Å²) in [7, 11) is 0. The van der Waals surface area contributed by atoms with E-state index >= 15 is 0 Å². The molecule has 120 valence electrons. The molecule has 1 aliphatic heterocycles. The van der Waals surface area contributed by atoms with Crippen molar-refractivity contribution in [3.8, 4) is 0 Å². The number of carbonyl (C=O) groups excluding carboxylic acids is 1. The van der Waals surface area contributed by atoms with E-state index in [2.05, 4.69) is 12.2 Å². The van der Waals surface area contributed by atoms with Crippen LogP contribution in [0, 0.1) is 10.1 Å². The third kappa shape index (κ3) is 4.44. The molecule has 1 aliphatic rings. The summed E-state index contributed by atoms with van der Waals surface area (Å²) in [6, 6.07) is 6.69. The second kappa shape index (κ2) is 7.77. The van der Waals surface area contributed by atoms with Crippen molar-refractivity contribution in [2.24, 2.45) is 0 Å². The monoisotopic (exact) mass is 305 g/mol. The molecule has 1 saturated heterocycles. The maximum atomic E-state index is 12.2. The lowest BCUT2D eigenvalue weighted by atomic mass is 10.0. The Morgan fingerprint density at radius 3 is 2.73 bits per heavy atom. The van der Waals surface area contributed by atoms with Gasteiger partial charge in [-0.25, -0.2) is 0 Å². The smallest absolute Gasteiger partial charge is 0.269 e. The number of likely N-dealkylation sites (tertiary alicyclic amines) is 1. The van der Waals surface area contributed by atoms with E-state index in [9.17, 15) is 14.9 Å². The molecular formula is C16H23N3O3. The van der Waals surface area contributed by atoms with Gasteiger partial charge in [0.05, 0.1) is 4.92 Å². The number of nitrogens with one attached hydrogen (secondary N) is 1. The molecule has 6 nitrogen and oxygen atoms in total. The molecule has 0 aromatic heterocycles. The first kappa shape index (κ1) is 16.3. The normalized spacial score (nSPS) is 18.0. The van der Waals surface area contributed by atoms with Crippen LogP contribution in [-0.4, -0.2) is 34.9 Å². The number of nitro groups is 1. The van der Waals surface area contributed by atoms with E-state index in [1.807, 2.05) is 4.90 Å². The van der Waals surface area contributed by atoms with Crippen LogP contribution in [-0.2, 0) is 4.79 Å². The summed E-state index contributed by atoms with van der Waals surface area (Å²) in [5.41, 5.74) is 0.921. The van der Waals surface area contributed by atoms with Crippen molar-refractivity contribution < 1.29 is 9.72 Å². The molecule has 1 amide bonds. The van der Waals surface area contributed by atoms with Crippen LogP contribution in [0.1, 0.15) is 39.0 Å². The van der Waals surface area contributed by atoms with Crippen LogP contribution in [0.25, 0.3) is 0 Å². The lowest BCUT2D eigenvalue weighted by Gasteiger charge is -2.33. The molecule has 1 fully saturated rings. The van der Waals surface area contributed by atoms with Crippen LogP contribution in [0.15, 0.2) is 24.3 Å². The Balaban J connectivity index is 1.70. The molecule has 22 heavy (non-hydrogen) atoms. The van der Waals surface area contributed by atoms with Crippen LogP contribution in [0.2, 0.25) is 0 Å². The molecular weight excluding hydrogens is 282 g/mol. The Bertz CT molecular complexity index is 516. The number of rotatable bonds is 6. The Hall–Kier alpha value is -2.11. The highest BCUT2D eigenvalue weighted by molar-refractivity contribution is 5.76. The number of amides is 1. The van der Waals surface area contributed by atoms with Gasteiger partial charge in [0.25, 0.3) is 5.69 Å². The Morgan fingerprint density at radius 1 is 1.36 bits per heavy atom. The zero-order valence-electron chi connectivity index (χ0n) is 13.0. The number of piperidine rings is 1. The number of nitrogens with zero attached hydrogens (tertiary/aromatic N) is 2. The maximum absolute atomic E-state index is 12.2. The predicted octanol–water partition coefficient (Wildman–Crippen LogP) is 3.19. The third-order valence-corrected chi connectivity index (χ3v) is 4.10. The molecule has 0 radical (unpaired) electrons. The van der Waals surface area contributed by atoms with E-state index in [0.29, 0.717) is 19.0 Å². The van der Waals surface area contributed by atoms with E-state index < -0.39 is 4.92 Å². The number of hydrogen-bond donors (Lipinski definition) is 1. The van der Waals surface area contributed by atoms with E-state index in [1.165, 1.54) is 18.6 Å². The predicted molar refractivity (Wildman–Crippen MR) is 85.8 cm³/mol. The van der Waals surface area contributed by atoms with Gasteiger partial charge in [0, 0.05) is 43.4 Å². The first-order chi connectivity index (χ1) is 10.6. The van der Waals surface area contributed by atoms with Gasteiger partial charge in [0.1, 0.15) is 0 Å². The number of benzene rings is 1. The van der Waals surface area contributed by atoms with Gasteiger partial charge in [-0.15, -0.1) is 0 Å². The first-order valence-corrected chi connectivity index (χ1v) is 7.85. The first-order valence-electron chi connectivity index (χ1n) is 7.85. The summed E-state index contributed by atoms with van der Waals surface area (Å²) < 4.78 is 0. The van der Waals surface area contributed by atoms with Crippen molar-refractivity contribution in [1.29, 1.82) is 0 Å². The van der Waals surface area contributed by atoms with E-state index in [-0.39, 0.29) is 11.6 Å². The summed E-state index contributed by atoms with van der Waals surface area (Å²) in [5, 5.41) is 13.8. The fourth-order valence-corrected chi connectivity index (χ4v) is 2.79. The highest BCUT2D eigenvalue weighted by Gasteiger charge is 2.22. The summed E-state index contributed by atoms with van der Waals surface area (Å²) in [4.78, 5) is 24.3. The lowest BCUT2D eigenvalue weighted by Crippen LogP contribution is -2.42. The van der Waals surface area contributed by atoms with Crippen LogP contribution >= 0.6 is 0 Å². The van der Waals surface area contributed by atoms with Gasteiger partial charge in [-0.3, -0.25) is 14.9 Å². The number of anilines is 1. The molecule has 1 unspecified atom stereocenters. The van der Waals surface area contributed by atoms with Crippen LogP contribution < -0.4 is 5.32 Å². The zero-order chi connectivity index (χ0) is 15.9. The van der Waals surface area contributed by atoms with Gasteiger partial charge in [-0.1, -0.05) is 0 Å². The third-order valence-electron chi connectivity index (χ3n) is 4.10. The molecule has 2 rings (SSSR count). The highest BCUT2D eigenvalue weighted by Crippen LogP contribution is 2.18. The highest BCUT2D eigenvalue weighted by atomic mass is 16.6.